The highest BCUT2D eigenvalue weighted by molar-refractivity contribution is 7.13. The number of thiazole rings is 1. The van der Waals surface area contributed by atoms with E-state index in [9.17, 15) is 4.79 Å². The Morgan fingerprint density at radius 3 is 2.53 bits per heavy atom. The third-order valence-corrected chi connectivity index (χ3v) is 5.97. The number of amides is 1. The molecule has 0 fully saturated rings. The first kappa shape index (κ1) is 19.9. The largest absolute Gasteiger partial charge is 0.333 e. The van der Waals surface area contributed by atoms with Gasteiger partial charge in [-0.25, -0.2) is 9.97 Å². The van der Waals surface area contributed by atoms with Gasteiger partial charge in [0.2, 0.25) is 0 Å². The minimum Gasteiger partial charge on any atom is -0.333 e. The van der Waals surface area contributed by atoms with Crippen molar-refractivity contribution in [2.75, 3.05) is 5.32 Å². The number of nitrogens with one attached hydrogen (secondary N) is 1. The number of anilines is 1. The maximum absolute atomic E-state index is 12.7. The van der Waals surface area contributed by atoms with Gasteiger partial charge in [-0.1, -0.05) is 54.6 Å². The maximum Gasteiger partial charge on any atom is 0.255 e. The topological polar surface area (TPSA) is 59.8 Å². The first-order valence-electron chi connectivity index (χ1n) is 10.2. The molecule has 0 aliphatic heterocycles. The Morgan fingerprint density at radius 2 is 1.75 bits per heavy atom. The standard InChI is InChI=1S/C26H20N4OS/c31-25(20-11-9-19(10-12-20)16-30-14-13-27-18-30)28-23-8-4-7-22(15-23)24-17-32-26(29-24)21-5-2-1-3-6-21/h1-15,17-18H,16H2,(H,28,31). The van der Waals surface area contributed by atoms with Crippen molar-refractivity contribution in [2.45, 2.75) is 6.54 Å². The molecule has 2 heterocycles. The van der Waals surface area contributed by atoms with Crippen molar-refractivity contribution < 1.29 is 4.79 Å². The fraction of sp³-hybridized carbons (Fsp3) is 0.0385. The molecule has 0 radical (unpaired) electrons. The van der Waals surface area contributed by atoms with Crippen LogP contribution >= 0.6 is 11.3 Å². The molecule has 0 bridgehead atoms. The molecular formula is C26H20N4OS. The van der Waals surface area contributed by atoms with Crippen molar-refractivity contribution in [3.63, 3.8) is 0 Å². The minimum atomic E-state index is -0.139. The fourth-order valence-electron chi connectivity index (χ4n) is 3.43. The summed E-state index contributed by atoms with van der Waals surface area (Å²) in [4.78, 5) is 21.6. The molecular weight excluding hydrogens is 416 g/mol. The maximum atomic E-state index is 12.7. The lowest BCUT2D eigenvalue weighted by Crippen LogP contribution is -2.12. The van der Waals surface area contributed by atoms with Gasteiger partial charge in [0.05, 0.1) is 12.0 Å². The van der Waals surface area contributed by atoms with Gasteiger partial charge < -0.3 is 9.88 Å². The summed E-state index contributed by atoms with van der Waals surface area (Å²) in [5.74, 6) is -0.139. The molecule has 0 atom stereocenters. The van der Waals surface area contributed by atoms with E-state index >= 15 is 0 Å². The van der Waals surface area contributed by atoms with Crippen LogP contribution in [0.4, 0.5) is 5.69 Å². The Kier molecular flexibility index (Phi) is 5.59. The minimum absolute atomic E-state index is 0.139. The Bertz CT molecular complexity index is 1330. The van der Waals surface area contributed by atoms with E-state index in [4.69, 9.17) is 4.98 Å². The molecule has 156 valence electrons. The molecule has 0 aliphatic carbocycles. The zero-order chi connectivity index (χ0) is 21.8. The third kappa shape index (κ3) is 4.50. The Balaban J connectivity index is 1.29. The lowest BCUT2D eigenvalue weighted by molar-refractivity contribution is 0.102. The molecule has 1 N–H and O–H groups in total. The molecule has 32 heavy (non-hydrogen) atoms. The number of nitrogens with zero attached hydrogens (tertiary/aromatic N) is 3. The average Bonchev–Trinajstić information content (AvgIpc) is 3.53. The normalized spacial score (nSPS) is 10.8. The second-order valence-electron chi connectivity index (χ2n) is 7.37. The van der Waals surface area contributed by atoms with Crippen LogP contribution in [0.2, 0.25) is 0 Å². The predicted molar refractivity (Wildman–Crippen MR) is 129 cm³/mol. The molecule has 5 rings (SSSR count). The van der Waals surface area contributed by atoms with Gasteiger partial charge in [0.15, 0.2) is 0 Å². The first-order valence-corrected chi connectivity index (χ1v) is 11.1. The fourth-order valence-corrected chi connectivity index (χ4v) is 4.27. The Hall–Kier alpha value is -4.03. The van der Waals surface area contributed by atoms with E-state index in [0.717, 1.165) is 39.6 Å². The summed E-state index contributed by atoms with van der Waals surface area (Å²) in [7, 11) is 0. The van der Waals surface area contributed by atoms with Crippen LogP contribution in [0.5, 0.6) is 0 Å². The van der Waals surface area contributed by atoms with E-state index in [1.54, 1.807) is 23.9 Å². The first-order chi connectivity index (χ1) is 15.7. The van der Waals surface area contributed by atoms with Crippen LogP contribution < -0.4 is 5.32 Å². The van der Waals surface area contributed by atoms with Gasteiger partial charge in [0.25, 0.3) is 5.91 Å². The van der Waals surface area contributed by atoms with Gasteiger partial charge >= 0.3 is 0 Å². The van der Waals surface area contributed by atoms with Crippen LogP contribution in [0.15, 0.2) is 103 Å². The molecule has 5 aromatic rings. The highest BCUT2D eigenvalue weighted by atomic mass is 32.1. The summed E-state index contributed by atoms with van der Waals surface area (Å²) in [6, 6.07) is 25.5. The van der Waals surface area contributed by atoms with Crippen LogP contribution in [0, 0.1) is 0 Å². The van der Waals surface area contributed by atoms with E-state index in [1.165, 1.54) is 0 Å². The van der Waals surface area contributed by atoms with Gasteiger partial charge in [-0.05, 0) is 29.8 Å². The van der Waals surface area contributed by atoms with Crippen molar-refractivity contribution in [2.24, 2.45) is 0 Å². The van der Waals surface area contributed by atoms with E-state index in [2.05, 4.69) is 22.4 Å². The lowest BCUT2D eigenvalue weighted by Gasteiger charge is -2.08. The summed E-state index contributed by atoms with van der Waals surface area (Å²) < 4.78 is 1.99. The van der Waals surface area contributed by atoms with E-state index in [1.807, 2.05) is 82.9 Å². The van der Waals surface area contributed by atoms with E-state index in [0.29, 0.717) is 5.56 Å². The molecule has 1 amide bonds. The molecule has 2 aromatic heterocycles. The van der Waals surface area contributed by atoms with Gasteiger partial charge in [0, 0.05) is 46.7 Å². The van der Waals surface area contributed by atoms with Crippen molar-refractivity contribution in [3.05, 3.63) is 114 Å². The number of hydrogen-bond acceptors (Lipinski definition) is 4. The van der Waals surface area contributed by atoms with Gasteiger partial charge in [-0.2, -0.15) is 0 Å². The van der Waals surface area contributed by atoms with Crippen LogP contribution in [-0.4, -0.2) is 20.4 Å². The van der Waals surface area contributed by atoms with E-state index in [-0.39, 0.29) is 5.91 Å². The average molecular weight is 437 g/mol. The summed E-state index contributed by atoms with van der Waals surface area (Å²) in [5.41, 5.74) is 5.43. The van der Waals surface area contributed by atoms with Gasteiger partial charge in [-0.15, -0.1) is 11.3 Å². The number of benzene rings is 3. The summed E-state index contributed by atoms with van der Waals surface area (Å²) >= 11 is 1.61. The number of rotatable bonds is 6. The second kappa shape index (κ2) is 8.99. The number of carbonyl (C=O) groups excluding carboxylic acids is 1. The van der Waals surface area contributed by atoms with Crippen LogP contribution in [0.3, 0.4) is 0 Å². The Labute approximate surface area is 190 Å². The van der Waals surface area contributed by atoms with Crippen LogP contribution in [0.1, 0.15) is 15.9 Å². The summed E-state index contributed by atoms with van der Waals surface area (Å²) in [6.45, 7) is 0.725. The van der Waals surface area contributed by atoms with Gasteiger partial charge in [-0.3, -0.25) is 4.79 Å². The molecule has 0 saturated carbocycles. The van der Waals surface area contributed by atoms with Crippen molar-refractivity contribution >= 4 is 22.9 Å². The van der Waals surface area contributed by atoms with Crippen LogP contribution in [0.25, 0.3) is 21.8 Å². The molecule has 3 aromatic carbocycles. The zero-order valence-electron chi connectivity index (χ0n) is 17.2. The predicted octanol–water partition coefficient (Wildman–Crippen LogP) is 5.97. The van der Waals surface area contributed by atoms with Crippen LogP contribution in [-0.2, 0) is 6.54 Å². The zero-order valence-corrected chi connectivity index (χ0v) is 18.0. The smallest absolute Gasteiger partial charge is 0.255 e. The number of aromatic nitrogens is 3. The summed E-state index contributed by atoms with van der Waals surface area (Å²) in [6.07, 6.45) is 5.45. The molecule has 0 unspecified atom stereocenters. The van der Waals surface area contributed by atoms with Crippen molar-refractivity contribution in [1.29, 1.82) is 0 Å². The molecule has 0 aliphatic rings. The number of imidazole rings is 1. The Morgan fingerprint density at radius 1 is 0.938 bits per heavy atom. The van der Waals surface area contributed by atoms with E-state index < -0.39 is 0 Å². The molecule has 0 spiro atoms. The molecule has 6 heteroatoms. The molecule has 5 nitrogen and oxygen atoms in total. The lowest BCUT2D eigenvalue weighted by atomic mass is 10.1. The molecule has 0 saturated heterocycles. The van der Waals surface area contributed by atoms with Crippen molar-refractivity contribution in [1.82, 2.24) is 14.5 Å². The third-order valence-electron chi connectivity index (χ3n) is 5.08. The quantitative estimate of drug-likeness (QED) is 0.356. The van der Waals surface area contributed by atoms with Gasteiger partial charge in [0.1, 0.15) is 5.01 Å². The van der Waals surface area contributed by atoms with Crippen molar-refractivity contribution in [3.8, 4) is 21.8 Å². The summed E-state index contributed by atoms with van der Waals surface area (Å²) in [5, 5.41) is 6.01. The monoisotopic (exact) mass is 436 g/mol. The number of carbonyl (C=O) groups is 1. The number of hydrogen-bond donors (Lipinski definition) is 1. The highest BCUT2D eigenvalue weighted by Crippen LogP contribution is 2.30. The SMILES string of the molecule is O=C(Nc1cccc(-c2csc(-c3ccccc3)n2)c1)c1ccc(Cn2ccnc2)cc1. The second-order valence-corrected chi connectivity index (χ2v) is 8.23. The highest BCUT2D eigenvalue weighted by Gasteiger charge is 2.10.